The smallest absolute Gasteiger partial charge is 0.150 e. The Bertz CT molecular complexity index is 495. The molecule has 0 spiro atoms. The van der Waals surface area contributed by atoms with Gasteiger partial charge in [0.25, 0.3) is 0 Å². The average Bonchev–Trinajstić information content (AvgIpc) is 3.20. The van der Waals surface area contributed by atoms with Crippen LogP contribution in [0.5, 0.6) is 0 Å². The largest absolute Gasteiger partial charge is 0.372 e. The Morgan fingerprint density at radius 3 is 2.30 bits per heavy atom. The molecule has 0 amide bonds. The Kier molecular flexibility index (Phi) is 2.37. The van der Waals surface area contributed by atoms with Crippen molar-refractivity contribution in [1.29, 1.82) is 0 Å². The lowest BCUT2D eigenvalue weighted by Crippen LogP contribution is -2.40. The van der Waals surface area contributed by atoms with Crippen molar-refractivity contribution in [2.45, 2.75) is 25.5 Å². The topological polar surface area (TPSA) is 36.4 Å². The van der Waals surface area contributed by atoms with Crippen LogP contribution in [0.4, 0.5) is 0 Å². The molecule has 4 aliphatic carbocycles. The molecule has 2 heterocycles. The molecule has 0 aromatic carbocycles. The van der Waals surface area contributed by atoms with Gasteiger partial charge < -0.3 is 5.11 Å². The summed E-state index contributed by atoms with van der Waals surface area (Å²) >= 11 is 0. The predicted octanol–water partition coefficient (Wildman–Crippen LogP) is 2.30. The number of aliphatic hydroxyl groups is 1. The molecule has 1 aromatic heterocycles. The summed E-state index contributed by atoms with van der Waals surface area (Å²) in [6.07, 6.45) is 5.71. The van der Waals surface area contributed by atoms with Gasteiger partial charge in [0, 0.05) is 19.3 Å². The zero-order valence-corrected chi connectivity index (χ0v) is 11.7. The Labute approximate surface area is 120 Å². The van der Waals surface area contributed by atoms with Crippen LogP contribution < -0.4 is 0 Å². The number of nitrogens with zero attached hydrogens (tertiary/aromatic N) is 2. The van der Waals surface area contributed by atoms with Gasteiger partial charge in [-0.05, 0) is 66.9 Å². The van der Waals surface area contributed by atoms with Gasteiger partial charge in [-0.25, -0.2) is 0 Å². The fourth-order valence-electron chi connectivity index (χ4n) is 5.80. The maximum Gasteiger partial charge on any atom is 0.150 e. The summed E-state index contributed by atoms with van der Waals surface area (Å²) in [6, 6.07) is 5.82. The molecule has 1 aromatic rings. The zero-order valence-electron chi connectivity index (χ0n) is 11.7. The van der Waals surface area contributed by atoms with Gasteiger partial charge in [0.05, 0.1) is 5.69 Å². The van der Waals surface area contributed by atoms with E-state index in [1.165, 1.54) is 19.3 Å². The second-order valence-electron chi connectivity index (χ2n) is 7.38. The Balaban J connectivity index is 1.39. The van der Waals surface area contributed by atoms with Gasteiger partial charge in [-0.15, -0.1) is 0 Å². The van der Waals surface area contributed by atoms with E-state index in [0.29, 0.717) is 0 Å². The number of pyridine rings is 1. The normalized spacial score (nSPS) is 46.9. The summed E-state index contributed by atoms with van der Waals surface area (Å²) in [5, 5.41) is 10.6. The molecule has 3 nitrogen and oxygen atoms in total. The van der Waals surface area contributed by atoms with Gasteiger partial charge in [-0.1, -0.05) is 6.07 Å². The van der Waals surface area contributed by atoms with Gasteiger partial charge in [-0.3, -0.25) is 9.88 Å². The standard InChI is InChI=1S/C17H22N2O/c20-17(16-3-1-2-6-18-16)19-8-14-10-4-5-11(15(14)9-19)13-7-12(10)13/h1-3,6,10-15,17,20H,4-5,7-9H2. The molecule has 7 atom stereocenters. The quantitative estimate of drug-likeness (QED) is 0.896. The minimum absolute atomic E-state index is 0.502. The van der Waals surface area contributed by atoms with Crippen molar-refractivity contribution in [2.75, 3.05) is 13.1 Å². The highest BCUT2D eigenvalue weighted by molar-refractivity contribution is 5.14. The highest BCUT2D eigenvalue weighted by atomic mass is 16.3. The minimum atomic E-state index is -0.502. The lowest BCUT2D eigenvalue weighted by molar-refractivity contribution is 0.0101. The fraction of sp³-hybridized carbons (Fsp3) is 0.706. The first kappa shape index (κ1) is 11.7. The van der Waals surface area contributed by atoms with E-state index >= 15 is 0 Å². The number of hydrogen-bond acceptors (Lipinski definition) is 3. The van der Waals surface area contributed by atoms with Crippen LogP contribution in [0.1, 0.15) is 31.2 Å². The molecule has 6 rings (SSSR count). The van der Waals surface area contributed by atoms with E-state index in [9.17, 15) is 5.11 Å². The van der Waals surface area contributed by atoms with Crippen LogP contribution in [0.3, 0.4) is 0 Å². The lowest BCUT2D eigenvalue weighted by atomic mass is 9.60. The second kappa shape index (κ2) is 4.05. The maximum absolute atomic E-state index is 10.6. The minimum Gasteiger partial charge on any atom is -0.372 e. The molecular weight excluding hydrogens is 248 g/mol. The Morgan fingerprint density at radius 2 is 1.70 bits per heavy atom. The molecule has 1 saturated heterocycles. The van der Waals surface area contributed by atoms with Crippen LogP contribution in [0.15, 0.2) is 24.4 Å². The SMILES string of the molecule is OC(c1ccccn1)N1CC2C3CCC(C4CC34)C2C1. The van der Waals surface area contributed by atoms with E-state index in [0.717, 1.165) is 54.3 Å². The molecule has 1 N–H and O–H groups in total. The van der Waals surface area contributed by atoms with E-state index in [4.69, 9.17) is 0 Å². The fourth-order valence-corrected chi connectivity index (χ4v) is 5.80. The van der Waals surface area contributed by atoms with Gasteiger partial charge in [0.1, 0.15) is 0 Å². The van der Waals surface area contributed by atoms with Gasteiger partial charge in [0.15, 0.2) is 6.23 Å². The summed E-state index contributed by atoms with van der Waals surface area (Å²) < 4.78 is 0. The van der Waals surface area contributed by atoms with Crippen molar-refractivity contribution in [3.05, 3.63) is 30.1 Å². The third-order valence-electron chi connectivity index (χ3n) is 6.66. The van der Waals surface area contributed by atoms with Crippen LogP contribution in [0.2, 0.25) is 0 Å². The van der Waals surface area contributed by atoms with Crippen molar-refractivity contribution in [1.82, 2.24) is 9.88 Å². The van der Waals surface area contributed by atoms with E-state index in [1.807, 2.05) is 18.2 Å². The van der Waals surface area contributed by atoms with Gasteiger partial charge in [-0.2, -0.15) is 0 Å². The molecule has 106 valence electrons. The highest BCUT2D eigenvalue weighted by Gasteiger charge is 2.63. The monoisotopic (exact) mass is 270 g/mol. The molecule has 5 fully saturated rings. The van der Waals surface area contributed by atoms with Crippen molar-refractivity contribution >= 4 is 0 Å². The molecule has 5 aliphatic rings. The summed E-state index contributed by atoms with van der Waals surface area (Å²) in [5.41, 5.74) is 0.809. The number of aromatic nitrogens is 1. The molecule has 2 bridgehead atoms. The van der Waals surface area contributed by atoms with Crippen molar-refractivity contribution < 1.29 is 5.11 Å². The van der Waals surface area contributed by atoms with Crippen LogP contribution in [0.25, 0.3) is 0 Å². The first-order valence-corrected chi connectivity index (χ1v) is 8.16. The lowest BCUT2D eigenvalue weighted by Gasteiger charge is -2.44. The van der Waals surface area contributed by atoms with Crippen molar-refractivity contribution in [3.8, 4) is 0 Å². The molecule has 20 heavy (non-hydrogen) atoms. The number of rotatable bonds is 2. The number of likely N-dealkylation sites (tertiary alicyclic amines) is 1. The number of hydrogen-bond donors (Lipinski definition) is 1. The Hall–Kier alpha value is -0.930. The maximum atomic E-state index is 10.6. The van der Waals surface area contributed by atoms with Gasteiger partial charge in [0.2, 0.25) is 0 Å². The molecule has 7 unspecified atom stereocenters. The van der Waals surface area contributed by atoms with E-state index < -0.39 is 6.23 Å². The summed E-state index contributed by atoms with van der Waals surface area (Å²) in [4.78, 5) is 6.61. The highest BCUT2D eigenvalue weighted by Crippen LogP contribution is 2.67. The van der Waals surface area contributed by atoms with E-state index in [-0.39, 0.29) is 0 Å². The third kappa shape index (κ3) is 1.51. The molecule has 1 aliphatic heterocycles. The molecule has 3 heteroatoms. The molecular formula is C17H22N2O. The van der Waals surface area contributed by atoms with Crippen LogP contribution in [0, 0.1) is 35.5 Å². The Morgan fingerprint density at radius 1 is 1.00 bits per heavy atom. The average molecular weight is 270 g/mol. The molecule has 4 saturated carbocycles. The number of fused-ring (bicyclic) bond motifs is 1. The first-order valence-electron chi connectivity index (χ1n) is 8.16. The predicted molar refractivity (Wildman–Crippen MR) is 75.6 cm³/mol. The molecule has 0 radical (unpaired) electrons. The third-order valence-corrected chi connectivity index (χ3v) is 6.66. The van der Waals surface area contributed by atoms with Crippen LogP contribution in [-0.2, 0) is 0 Å². The van der Waals surface area contributed by atoms with Crippen LogP contribution in [-0.4, -0.2) is 28.1 Å². The second-order valence-corrected chi connectivity index (χ2v) is 7.38. The summed E-state index contributed by atoms with van der Waals surface area (Å²) in [7, 11) is 0. The summed E-state index contributed by atoms with van der Waals surface area (Å²) in [5.74, 6) is 5.77. The summed E-state index contributed by atoms with van der Waals surface area (Å²) in [6.45, 7) is 2.18. The van der Waals surface area contributed by atoms with Crippen molar-refractivity contribution in [2.24, 2.45) is 35.5 Å². The van der Waals surface area contributed by atoms with E-state index in [1.54, 1.807) is 6.20 Å². The van der Waals surface area contributed by atoms with E-state index in [2.05, 4.69) is 9.88 Å². The number of aliphatic hydroxyl groups excluding tert-OH is 1. The zero-order chi connectivity index (χ0) is 13.3. The first-order chi connectivity index (χ1) is 9.83. The van der Waals surface area contributed by atoms with Crippen molar-refractivity contribution in [3.63, 3.8) is 0 Å². The van der Waals surface area contributed by atoms with Crippen LogP contribution >= 0.6 is 0 Å². The van der Waals surface area contributed by atoms with Gasteiger partial charge >= 0.3 is 0 Å².